The lowest BCUT2D eigenvalue weighted by Crippen LogP contribution is -2.10. The number of anilines is 3. The van der Waals surface area contributed by atoms with Crippen molar-refractivity contribution in [1.82, 2.24) is 19.7 Å². The van der Waals surface area contributed by atoms with Crippen molar-refractivity contribution in [2.24, 2.45) is 0 Å². The molecule has 0 amide bonds. The minimum Gasteiger partial charge on any atom is -0.383 e. The first-order chi connectivity index (χ1) is 11.4. The van der Waals surface area contributed by atoms with Gasteiger partial charge in [-0.1, -0.05) is 12.1 Å². The van der Waals surface area contributed by atoms with E-state index < -0.39 is 9.84 Å². The molecule has 1 aromatic carbocycles. The van der Waals surface area contributed by atoms with Crippen LogP contribution in [-0.2, 0) is 16.3 Å². The van der Waals surface area contributed by atoms with Gasteiger partial charge in [0.25, 0.3) is 0 Å². The molecule has 1 aliphatic heterocycles. The predicted molar refractivity (Wildman–Crippen MR) is 90.8 cm³/mol. The third-order valence-corrected chi connectivity index (χ3v) is 5.00. The van der Waals surface area contributed by atoms with E-state index in [-0.39, 0.29) is 27.8 Å². The number of nitrogens with two attached hydrogens (primary N) is 2. The number of nitrogens with zero attached hydrogens (tertiary/aromatic N) is 4. The van der Waals surface area contributed by atoms with Crippen LogP contribution >= 0.6 is 0 Å². The Kier molecular flexibility index (Phi) is 2.94. The van der Waals surface area contributed by atoms with Gasteiger partial charge in [0.15, 0.2) is 26.2 Å². The Hall–Kier alpha value is -2.88. The van der Waals surface area contributed by atoms with E-state index in [0.29, 0.717) is 5.69 Å². The topological polar surface area (TPSA) is 142 Å². The van der Waals surface area contributed by atoms with E-state index in [2.05, 4.69) is 20.4 Å². The molecule has 5 N–H and O–H groups in total. The van der Waals surface area contributed by atoms with Gasteiger partial charge in [-0.15, -0.1) is 0 Å². The zero-order valence-electron chi connectivity index (χ0n) is 12.8. The second kappa shape index (κ2) is 4.81. The molecule has 0 saturated carbocycles. The zero-order chi connectivity index (χ0) is 17.1. The maximum absolute atomic E-state index is 12.4. The summed E-state index contributed by atoms with van der Waals surface area (Å²) in [5, 5.41) is 7.57. The largest absolute Gasteiger partial charge is 0.383 e. The SMILES string of the molecule is CS(=O)(=O)c1c2nc(N)nc(N)c2nn1-c1cccc2c1NCC2. The molecule has 1 aliphatic rings. The number of fused-ring (bicyclic) bond motifs is 2. The fourth-order valence-corrected chi connectivity index (χ4v) is 3.92. The van der Waals surface area contributed by atoms with Crippen molar-refractivity contribution in [3.05, 3.63) is 23.8 Å². The van der Waals surface area contributed by atoms with Crippen LogP contribution in [0.25, 0.3) is 16.7 Å². The predicted octanol–water partition coefficient (Wildman–Crippen LogP) is 0.351. The molecule has 0 atom stereocenters. The first-order valence-corrected chi connectivity index (χ1v) is 9.13. The van der Waals surface area contributed by atoms with E-state index in [1.807, 2.05) is 12.1 Å². The zero-order valence-corrected chi connectivity index (χ0v) is 13.6. The van der Waals surface area contributed by atoms with Crippen LogP contribution in [0.1, 0.15) is 5.56 Å². The summed E-state index contributed by atoms with van der Waals surface area (Å²) < 4.78 is 26.2. The number of para-hydroxylation sites is 1. The molecule has 0 unspecified atom stereocenters. The van der Waals surface area contributed by atoms with E-state index in [1.165, 1.54) is 4.68 Å². The minimum atomic E-state index is -3.64. The van der Waals surface area contributed by atoms with Crippen molar-refractivity contribution in [2.75, 3.05) is 29.6 Å². The highest BCUT2D eigenvalue weighted by molar-refractivity contribution is 7.90. The number of hydrogen-bond acceptors (Lipinski definition) is 8. The van der Waals surface area contributed by atoms with Crippen LogP contribution in [0.4, 0.5) is 17.5 Å². The first kappa shape index (κ1) is 14.7. The Balaban J connectivity index is 2.14. The monoisotopic (exact) mass is 345 g/mol. The van der Waals surface area contributed by atoms with Crippen LogP contribution in [0.15, 0.2) is 23.2 Å². The lowest BCUT2D eigenvalue weighted by atomic mass is 10.1. The maximum atomic E-state index is 12.4. The highest BCUT2D eigenvalue weighted by Crippen LogP contribution is 2.34. The summed E-state index contributed by atoms with van der Waals surface area (Å²) in [6.07, 6.45) is 1.97. The normalized spacial score (nSPS) is 13.9. The van der Waals surface area contributed by atoms with Crippen LogP contribution in [0.3, 0.4) is 0 Å². The van der Waals surface area contributed by atoms with Crippen LogP contribution < -0.4 is 16.8 Å². The average Bonchev–Trinajstić information content (AvgIpc) is 3.09. The van der Waals surface area contributed by atoms with Gasteiger partial charge in [0.1, 0.15) is 5.52 Å². The van der Waals surface area contributed by atoms with Gasteiger partial charge in [-0.2, -0.15) is 10.1 Å². The molecule has 0 saturated heterocycles. The van der Waals surface area contributed by atoms with E-state index in [1.54, 1.807) is 6.07 Å². The summed E-state index contributed by atoms with van der Waals surface area (Å²) in [7, 11) is -3.64. The van der Waals surface area contributed by atoms with Crippen molar-refractivity contribution in [1.29, 1.82) is 0 Å². The average molecular weight is 345 g/mol. The Morgan fingerprint density at radius 3 is 2.75 bits per heavy atom. The summed E-state index contributed by atoms with van der Waals surface area (Å²) in [6.45, 7) is 0.788. The molecule has 0 fully saturated rings. The molecule has 0 spiro atoms. The highest BCUT2D eigenvalue weighted by atomic mass is 32.2. The van der Waals surface area contributed by atoms with Crippen LogP contribution in [0.2, 0.25) is 0 Å². The third-order valence-electron chi connectivity index (χ3n) is 3.93. The summed E-state index contributed by atoms with van der Waals surface area (Å²) >= 11 is 0. The standard InChI is InChI=1S/C14H15N7O2S/c1-24(22,23)13-11-10(12(15)19-14(16)18-11)20-21(13)8-4-2-3-7-5-6-17-9(7)8/h2-4,17H,5-6H2,1H3,(H4,15,16,18,19). The molecule has 10 heteroatoms. The summed E-state index contributed by atoms with van der Waals surface area (Å²) in [5.74, 6) is -0.0532. The van der Waals surface area contributed by atoms with Crippen molar-refractivity contribution >= 4 is 38.3 Å². The number of benzene rings is 1. The van der Waals surface area contributed by atoms with Crippen molar-refractivity contribution < 1.29 is 8.42 Å². The van der Waals surface area contributed by atoms with Crippen molar-refractivity contribution in [3.63, 3.8) is 0 Å². The van der Waals surface area contributed by atoms with Gasteiger partial charge >= 0.3 is 0 Å². The van der Waals surface area contributed by atoms with Gasteiger partial charge in [0, 0.05) is 12.8 Å². The summed E-state index contributed by atoms with van der Waals surface area (Å²) in [6, 6.07) is 5.65. The fourth-order valence-electron chi connectivity index (χ4n) is 2.98. The lowest BCUT2D eigenvalue weighted by Gasteiger charge is -2.11. The summed E-state index contributed by atoms with van der Waals surface area (Å²) in [5.41, 5.74) is 14.4. The van der Waals surface area contributed by atoms with Gasteiger partial charge in [-0.3, -0.25) is 0 Å². The van der Waals surface area contributed by atoms with Gasteiger partial charge in [-0.05, 0) is 18.1 Å². The number of rotatable bonds is 2. The number of hydrogen-bond donors (Lipinski definition) is 3. The number of aromatic nitrogens is 4. The van der Waals surface area contributed by atoms with E-state index in [0.717, 1.165) is 30.5 Å². The third kappa shape index (κ3) is 2.07. The fraction of sp³-hybridized carbons (Fsp3) is 0.214. The van der Waals surface area contributed by atoms with Gasteiger partial charge in [-0.25, -0.2) is 18.1 Å². The molecular formula is C14H15N7O2S. The molecule has 0 radical (unpaired) electrons. The molecule has 0 aliphatic carbocycles. The molecule has 124 valence electrons. The Morgan fingerprint density at radius 2 is 2.00 bits per heavy atom. The van der Waals surface area contributed by atoms with Crippen molar-refractivity contribution in [2.45, 2.75) is 11.4 Å². The number of nitrogens with one attached hydrogen (secondary N) is 1. The molecule has 3 heterocycles. The van der Waals surface area contributed by atoms with Crippen LogP contribution in [-0.4, -0.2) is 41.0 Å². The second-order valence-corrected chi connectivity index (χ2v) is 7.57. The van der Waals surface area contributed by atoms with E-state index >= 15 is 0 Å². The summed E-state index contributed by atoms with van der Waals surface area (Å²) in [4.78, 5) is 7.91. The minimum absolute atomic E-state index is 0.0432. The molecule has 2 aromatic heterocycles. The van der Waals surface area contributed by atoms with Crippen LogP contribution in [0, 0.1) is 0 Å². The van der Waals surface area contributed by atoms with Gasteiger partial charge < -0.3 is 16.8 Å². The van der Waals surface area contributed by atoms with Gasteiger partial charge in [0.2, 0.25) is 5.95 Å². The van der Waals surface area contributed by atoms with Crippen molar-refractivity contribution in [3.8, 4) is 5.69 Å². The molecule has 4 rings (SSSR count). The van der Waals surface area contributed by atoms with E-state index in [9.17, 15) is 8.42 Å². The maximum Gasteiger partial charge on any atom is 0.222 e. The second-order valence-electron chi connectivity index (χ2n) is 5.64. The first-order valence-electron chi connectivity index (χ1n) is 7.24. The molecule has 9 nitrogen and oxygen atoms in total. The Labute approximate surface area is 137 Å². The smallest absolute Gasteiger partial charge is 0.222 e. The molecular weight excluding hydrogens is 330 g/mol. The lowest BCUT2D eigenvalue weighted by molar-refractivity contribution is 0.593. The molecule has 0 bridgehead atoms. The van der Waals surface area contributed by atoms with Gasteiger partial charge in [0.05, 0.1) is 11.4 Å². The van der Waals surface area contributed by atoms with E-state index in [4.69, 9.17) is 11.5 Å². The Bertz CT molecular complexity index is 1090. The van der Waals surface area contributed by atoms with Crippen LogP contribution in [0.5, 0.6) is 0 Å². The number of nitrogen functional groups attached to an aromatic ring is 2. The Morgan fingerprint density at radius 1 is 1.21 bits per heavy atom. The molecule has 3 aromatic rings. The quantitative estimate of drug-likeness (QED) is 0.604. The highest BCUT2D eigenvalue weighted by Gasteiger charge is 2.27. The molecule has 24 heavy (non-hydrogen) atoms. The number of sulfone groups is 1.